The standard InChI is InChI=1S/C25H19ClI2N2O4S/c1-4-9-34-22-17(27)10-14(11-18(22)28)12-19-23(31)30-21(15-5-7-16(26)8-6-15)20(24(32)33-3)13(2)29-25(30)35-19/h4-8,10-12,21H,1,9H2,2-3H3/b19-12-/t21-/m0/s1. The number of rotatable bonds is 6. The van der Waals surface area contributed by atoms with Crippen molar-refractivity contribution in [3.63, 3.8) is 0 Å². The molecular formula is C25H19ClI2N2O4S. The number of esters is 1. The van der Waals surface area contributed by atoms with E-state index in [1.165, 1.54) is 18.4 Å². The fraction of sp³-hybridized carbons (Fsp3) is 0.160. The van der Waals surface area contributed by atoms with E-state index in [1.54, 1.807) is 41.8 Å². The smallest absolute Gasteiger partial charge is 0.338 e. The highest BCUT2D eigenvalue weighted by Crippen LogP contribution is 2.32. The van der Waals surface area contributed by atoms with E-state index in [9.17, 15) is 9.59 Å². The Kier molecular flexibility index (Phi) is 8.19. The maximum Gasteiger partial charge on any atom is 0.338 e. The van der Waals surface area contributed by atoms with Gasteiger partial charge in [-0.3, -0.25) is 9.36 Å². The number of thiazole rings is 1. The molecule has 0 aliphatic carbocycles. The van der Waals surface area contributed by atoms with Crippen molar-refractivity contribution in [2.45, 2.75) is 13.0 Å². The minimum Gasteiger partial charge on any atom is -0.487 e. The van der Waals surface area contributed by atoms with E-state index >= 15 is 0 Å². The van der Waals surface area contributed by atoms with Gasteiger partial charge >= 0.3 is 5.97 Å². The summed E-state index contributed by atoms with van der Waals surface area (Å²) in [6.45, 7) is 5.85. The Morgan fingerprint density at radius 2 is 1.91 bits per heavy atom. The van der Waals surface area contributed by atoms with E-state index < -0.39 is 12.0 Å². The first kappa shape index (κ1) is 26.1. The molecule has 1 aliphatic heterocycles. The number of carbonyl (C=O) groups excluding carboxylic acids is 1. The molecule has 2 aromatic carbocycles. The number of aromatic nitrogens is 1. The summed E-state index contributed by atoms with van der Waals surface area (Å²) in [4.78, 5) is 31.5. The highest BCUT2D eigenvalue weighted by atomic mass is 127. The van der Waals surface area contributed by atoms with Crippen LogP contribution in [-0.4, -0.2) is 24.3 Å². The molecule has 6 nitrogen and oxygen atoms in total. The third kappa shape index (κ3) is 5.27. The number of allylic oxidation sites excluding steroid dienone is 1. The summed E-state index contributed by atoms with van der Waals surface area (Å²) in [5.41, 5.74) is 2.20. The zero-order valence-electron chi connectivity index (χ0n) is 18.7. The van der Waals surface area contributed by atoms with Crippen LogP contribution >= 0.6 is 68.1 Å². The molecule has 0 saturated heterocycles. The molecule has 0 amide bonds. The Morgan fingerprint density at radius 3 is 2.51 bits per heavy atom. The average Bonchev–Trinajstić information content (AvgIpc) is 3.12. The summed E-state index contributed by atoms with van der Waals surface area (Å²) in [5, 5.41) is 0.561. The quantitative estimate of drug-likeness (QED) is 0.207. The second-order valence-electron chi connectivity index (χ2n) is 7.54. The van der Waals surface area contributed by atoms with E-state index in [0.717, 1.165) is 24.0 Å². The zero-order chi connectivity index (χ0) is 25.3. The lowest BCUT2D eigenvalue weighted by Crippen LogP contribution is -2.39. The monoisotopic (exact) mass is 732 g/mol. The fourth-order valence-corrected chi connectivity index (χ4v) is 7.05. The lowest BCUT2D eigenvalue weighted by Gasteiger charge is -2.24. The highest BCUT2D eigenvalue weighted by molar-refractivity contribution is 14.1. The van der Waals surface area contributed by atoms with Crippen molar-refractivity contribution < 1.29 is 14.3 Å². The van der Waals surface area contributed by atoms with Gasteiger partial charge in [0.1, 0.15) is 12.4 Å². The number of methoxy groups -OCH3 is 1. The zero-order valence-corrected chi connectivity index (χ0v) is 24.6. The molecular weight excluding hydrogens is 714 g/mol. The van der Waals surface area contributed by atoms with Crippen LogP contribution in [-0.2, 0) is 9.53 Å². The largest absolute Gasteiger partial charge is 0.487 e. The SMILES string of the molecule is C=CCOc1c(I)cc(/C=c2\sc3n(c2=O)[C@@H](c2ccc(Cl)cc2)C(C(=O)OC)=C(C)N=3)cc1I. The summed E-state index contributed by atoms with van der Waals surface area (Å²) < 4.78 is 14.7. The number of hydrogen-bond donors (Lipinski definition) is 0. The molecule has 0 saturated carbocycles. The minimum absolute atomic E-state index is 0.236. The van der Waals surface area contributed by atoms with Crippen LogP contribution in [0.3, 0.4) is 0 Å². The molecule has 1 aromatic heterocycles. The van der Waals surface area contributed by atoms with Gasteiger partial charge in [0.2, 0.25) is 0 Å². The van der Waals surface area contributed by atoms with Crippen LogP contribution in [0.5, 0.6) is 5.75 Å². The normalized spacial score (nSPS) is 15.5. The summed E-state index contributed by atoms with van der Waals surface area (Å²) in [5.74, 6) is 0.255. The first-order valence-corrected chi connectivity index (χ1v) is 13.7. The van der Waals surface area contributed by atoms with E-state index in [0.29, 0.717) is 32.2 Å². The molecule has 180 valence electrons. The Morgan fingerprint density at radius 1 is 1.26 bits per heavy atom. The molecule has 0 radical (unpaired) electrons. The third-order valence-electron chi connectivity index (χ3n) is 5.28. The maximum absolute atomic E-state index is 13.7. The molecule has 10 heteroatoms. The van der Waals surface area contributed by atoms with Crippen LogP contribution < -0.4 is 19.6 Å². The maximum atomic E-state index is 13.7. The van der Waals surface area contributed by atoms with Crippen LogP contribution in [0.25, 0.3) is 6.08 Å². The van der Waals surface area contributed by atoms with Gasteiger partial charge in [-0.25, -0.2) is 9.79 Å². The number of benzene rings is 2. The Balaban J connectivity index is 1.90. The first-order chi connectivity index (χ1) is 16.7. The molecule has 35 heavy (non-hydrogen) atoms. The molecule has 3 aromatic rings. The molecule has 0 unspecified atom stereocenters. The van der Waals surface area contributed by atoms with Crippen LogP contribution in [0.1, 0.15) is 24.1 Å². The first-order valence-electron chi connectivity index (χ1n) is 10.3. The van der Waals surface area contributed by atoms with Gasteiger partial charge in [-0.15, -0.1) is 0 Å². The molecule has 0 spiro atoms. The molecule has 1 atom stereocenters. The van der Waals surface area contributed by atoms with Gasteiger partial charge in [0.25, 0.3) is 5.56 Å². The average molecular weight is 733 g/mol. The van der Waals surface area contributed by atoms with Gasteiger partial charge in [-0.2, -0.15) is 0 Å². The number of nitrogens with zero attached hydrogens (tertiary/aromatic N) is 2. The van der Waals surface area contributed by atoms with Crippen LogP contribution in [0.15, 0.2) is 70.1 Å². The number of fused-ring (bicyclic) bond motifs is 1. The van der Waals surface area contributed by atoms with Crippen molar-refractivity contribution in [3.8, 4) is 5.75 Å². The van der Waals surface area contributed by atoms with E-state index in [-0.39, 0.29) is 5.56 Å². The number of ether oxygens (including phenoxy) is 2. The van der Waals surface area contributed by atoms with E-state index in [1.807, 2.05) is 18.2 Å². The van der Waals surface area contributed by atoms with Gasteiger partial charge < -0.3 is 9.47 Å². The fourth-order valence-electron chi connectivity index (χ4n) is 3.75. The van der Waals surface area contributed by atoms with Crippen LogP contribution in [0.4, 0.5) is 0 Å². The number of carbonyl (C=O) groups is 1. The molecule has 1 aliphatic rings. The summed E-state index contributed by atoms with van der Waals surface area (Å²) >= 11 is 11.8. The minimum atomic E-state index is -0.673. The molecule has 0 N–H and O–H groups in total. The van der Waals surface area contributed by atoms with E-state index in [4.69, 9.17) is 21.1 Å². The topological polar surface area (TPSA) is 69.9 Å². The molecule has 0 bridgehead atoms. The van der Waals surface area contributed by atoms with E-state index in [2.05, 4.69) is 56.8 Å². The molecule has 2 heterocycles. The van der Waals surface area contributed by atoms with Crippen molar-refractivity contribution >= 4 is 80.2 Å². The number of hydrogen-bond acceptors (Lipinski definition) is 6. The van der Waals surface area contributed by atoms with Gasteiger partial charge in [-0.1, -0.05) is 47.7 Å². The van der Waals surface area contributed by atoms with Crippen molar-refractivity contribution in [1.29, 1.82) is 0 Å². The Bertz CT molecular complexity index is 1520. The van der Waals surface area contributed by atoms with Crippen molar-refractivity contribution in [1.82, 2.24) is 4.57 Å². The predicted octanol–water partition coefficient (Wildman–Crippen LogP) is 4.84. The molecule has 4 rings (SSSR count). The van der Waals surface area contributed by atoms with Crippen LogP contribution in [0.2, 0.25) is 5.02 Å². The Hall–Kier alpha value is -1.96. The third-order valence-corrected chi connectivity index (χ3v) is 8.11. The molecule has 0 fully saturated rings. The van der Waals surface area contributed by atoms with Gasteiger partial charge in [0.15, 0.2) is 4.80 Å². The summed E-state index contributed by atoms with van der Waals surface area (Å²) in [6, 6.07) is 10.3. The second-order valence-corrected chi connectivity index (χ2v) is 11.3. The van der Waals surface area contributed by atoms with Crippen LogP contribution in [0, 0.1) is 7.14 Å². The summed E-state index contributed by atoms with van der Waals surface area (Å²) in [7, 11) is 1.32. The predicted molar refractivity (Wildman–Crippen MR) is 155 cm³/mol. The summed E-state index contributed by atoms with van der Waals surface area (Å²) in [6.07, 6.45) is 3.53. The lowest BCUT2D eigenvalue weighted by molar-refractivity contribution is -0.136. The second kappa shape index (κ2) is 11.0. The number of halogens is 3. The highest BCUT2D eigenvalue weighted by Gasteiger charge is 2.33. The van der Waals surface area contributed by atoms with Crippen molar-refractivity contribution in [3.05, 3.63) is 103 Å². The van der Waals surface area contributed by atoms with Gasteiger partial charge in [0.05, 0.1) is 36.1 Å². The van der Waals surface area contributed by atoms with Gasteiger partial charge in [-0.05, 0) is 93.6 Å². The van der Waals surface area contributed by atoms with Crippen molar-refractivity contribution in [2.24, 2.45) is 4.99 Å². The van der Waals surface area contributed by atoms with Gasteiger partial charge in [0, 0.05) is 5.02 Å². The van der Waals surface area contributed by atoms with Crippen molar-refractivity contribution in [2.75, 3.05) is 13.7 Å². The Labute approximate surface area is 237 Å². The lowest BCUT2D eigenvalue weighted by atomic mass is 9.96.